The van der Waals surface area contributed by atoms with E-state index in [9.17, 15) is 9.90 Å². The fourth-order valence-corrected chi connectivity index (χ4v) is 3.36. The highest BCUT2D eigenvalue weighted by atomic mass is 32.1. The molecular weight excluding hydrogens is 324 g/mol. The van der Waals surface area contributed by atoms with Crippen molar-refractivity contribution in [3.8, 4) is 10.6 Å². The Balaban J connectivity index is 1.75. The number of rotatable bonds is 5. The van der Waals surface area contributed by atoms with Crippen molar-refractivity contribution in [2.75, 3.05) is 0 Å². The summed E-state index contributed by atoms with van der Waals surface area (Å²) >= 11 is 1.35. The summed E-state index contributed by atoms with van der Waals surface area (Å²) in [6.45, 7) is 2.15. The lowest BCUT2D eigenvalue weighted by Crippen LogP contribution is -2.23. The van der Waals surface area contributed by atoms with Crippen molar-refractivity contribution in [1.82, 2.24) is 20.1 Å². The van der Waals surface area contributed by atoms with Gasteiger partial charge in [-0.15, -0.1) is 11.3 Å². The number of hydrogen-bond acceptors (Lipinski definition) is 5. The van der Waals surface area contributed by atoms with Gasteiger partial charge in [0.15, 0.2) is 0 Å². The summed E-state index contributed by atoms with van der Waals surface area (Å²) in [6.07, 6.45) is 3.61. The Morgan fingerprint density at radius 3 is 2.75 bits per heavy atom. The maximum absolute atomic E-state index is 12.5. The molecule has 0 radical (unpaired) electrons. The van der Waals surface area contributed by atoms with E-state index in [4.69, 9.17) is 0 Å². The third kappa shape index (κ3) is 3.37. The fraction of sp³-hybridized carbons (Fsp3) is 0.235. The first kappa shape index (κ1) is 16.4. The number of aryl methyl sites for hydroxylation is 2. The summed E-state index contributed by atoms with van der Waals surface area (Å²) in [4.78, 5) is 17.5. The molecule has 3 aromatic rings. The summed E-state index contributed by atoms with van der Waals surface area (Å²) in [7, 11) is 1.84. The van der Waals surface area contributed by atoms with Crippen molar-refractivity contribution < 1.29 is 9.90 Å². The van der Waals surface area contributed by atoms with Crippen LogP contribution in [0.1, 0.15) is 26.5 Å². The van der Waals surface area contributed by atoms with Gasteiger partial charge in [-0.05, 0) is 18.1 Å². The molecule has 0 saturated heterocycles. The minimum absolute atomic E-state index is 0.0449. The van der Waals surface area contributed by atoms with Crippen LogP contribution in [0.4, 0.5) is 0 Å². The zero-order valence-electron chi connectivity index (χ0n) is 13.5. The highest BCUT2D eigenvalue weighted by molar-refractivity contribution is 7.17. The predicted octanol–water partition coefficient (Wildman–Crippen LogP) is 2.27. The molecule has 0 atom stereocenters. The van der Waals surface area contributed by atoms with E-state index in [-0.39, 0.29) is 12.5 Å². The Bertz CT molecular complexity index is 869. The number of aliphatic hydroxyl groups excluding tert-OH is 1. The molecule has 0 saturated carbocycles. The maximum atomic E-state index is 12.5. The Morgan fingerprint density at radius 2 is 2.08 bits per heavy atom. The molecule has 2 N–H and O–H groups in total. The van der Waals surface area contributed by atoms with E-state index in [1.807, 2.05) is 44.4 Å². The summed E-state index contributed by atoms with van der Waals surface area (Å²) in [5.41, 5.74) is 3.32. The number of carbonyl (C=O) groups excluding carboxylic acids is 1. The van der Waals surface area contributed by atoms with Gasteiger partial charge in [-0.1, -0.05) is 24.3 Å². The van der Waals surface area contributed by atoms with Crippen molar-refractivity contribution in [1.29, 1.82) is 0 Å². The lowest BCUT2D eigenvalue weighted by Gasteiger charge is -2.08. The first-order chi connectivity index (χ1) is 11.6. The molecule has 6 nitrogen and oxygen atoms in total. The van der Waals surface area contributed by atoms with Crippen LogP contribution in [0, 0.1) is 6.92 Å². The molecule has 2 aromatic heterocycles. The van der Waals surface area contributed by atoms with Gasteiger partial charge < -0.3 is 10.4 Å². The smallest absolute Gasteiger partial charge is 0.263 e. The van der Waals surface area contributed by atoms with E-state index in [0.29, 0.717) is 17.1 Å². The molecule has 0 aliphatic carbocycles. The van der Waals surface area contributed by atoms with Crippen LogP contribution in [0.5, 0.6) is 0 Å². The van der Waals surface area contributed by atoms with Crippen LogP contribution in [0.3, 0.4) is 0 Å². The van der Waals surface area contributed by atoms with Gasteiger partial charge in [0.05, 0.1) is 18.5 Å². The lowest BCUT2D eigenvalue weighted by molar-refractivity contribution is 0.0954. The van der Waals surface area contributed by atoms with Crippen LogP contribution >= 0.6 is 11.3 Å². The van der Waals surface area contributed by atoms with Gasteiger partial charge >= 0.3 is 0 Å². The number of thiazole rings is 1. The van der Waals surface area contributed by atoms with E-state index in [1.165, 1.54) is 11.3 Å². The van der Waals surface area contributed by atoms with Crippen LogP contribution in [-0.4, -0.2) is 25.8 Å². The van der Waals surface area contributed by atoms with E-state index in [0.717, 1.165) is 21.7 Å². The fourth-order valence-electron chi connectivity index (χ4n) is 2.40. The van der Waals surface area contributed by atoms with Gasteiger partial charge in [0.1, 0.15) is 9.88 Å². The third-order valence-electron chi connectivity index (χ3n) is 3.68. The number of nitrogens with one attached hydrogen (secondary N) is 1. The van der Waals surface area contributed by atoms with E-state index in [1.54, 1.807) is 10.9 Å². The molecule has 0 unspecified atom stereocenters. The maximum Gasteiger partial charge on any atom is 0.263 e. The molecule has 24 heavy (non-hydrogen) atoms. The Labute approximate surface area is 143 Å². The quantitative estimate of drug-likeness (QED) is 0.745. The highest BCUT2D eigenvalue weighted by Gasteiger charge is 2.17. The van der Waals surface area contributed by atoms with Gasteiger partial charge in [-0.3, -0.25) is 9.48 Å². The second-order valence-corrected chi connectivity index (χ2v) is 6.44. The Kier molecular flexibility index (Phi) is 4.73. The Morgan fingerprint density at radius 1 is 1.33 bits per heavy atom. The summed E-state index contributed by atoms with van der Waals surface area (Å²) < 4.78 is 1.71. The van der Waals surface area contributed by atoms with Gasteiger partial charge in [0.2, 0.25) is 0 Å². The monoisotopic (exact) mass is 342 g/mol. The summed E-state index contributed by atoms with van der Waals surface area (Å²) in [5.74, 6) is -0.159. The molecule has 0 spiro atoms. The SMILES string of the molecule is Cc1nc(-c2cnn(C)c2)sc1C(=O)NCc1ccccc1CO. The van der Waals surface area contributed by atoms with Gasteiger partial charge in [0, 0.05) is 25.4 Å². The number of carbonyl (C=O) groups is 1. The minimum Gasteiger partial charge on any atom is -0.392 e. The van der Waals surface area contributed by atoms with Gasteiger partial charge in [0.25, 0.3) is 5.91 Å². The zero-order chi connectivity index (χ0) is 17.1. The summed E-state index contributed by atoms with van der Waals surface area (Å²) in [5, 5.41) is 17.2. The third-order valence-corrected chi connectivity index (χ3v) is 4.89. The molecule has 1 aromatic carbocycles. The molecule has 0 aliphatic rings. The predicted molar refractivity (Wildman–Crippen MR) is 92.6 cm³/mol. The second kappa shape index (κ2) is 6.94. The van der Waals surface area contributed by atoms with Crippen molar-refractivity contribution in [2.45, 2.75) is 20.1 Å². The average molecular weight is 342 g/mol. The standard InChI is InChI=1S/C17H18N4O2S/c1-11-15(24-17(20-11)14-8-19-21(2)9-14)16(23)18-7-12-5-3-4-6-13(12)10-22/h3-6,8-9,22H,7,10H2,1-2H3,(H,18,23). The molecule has 1 amide bonds. The topological polar surface area (TPSA) is 80.0 Å². The van der Waals surface area contributed by atoms with E-state index < -0.39 is 0 Å². The van der Waals surface area contributed by atoms with Crippen molar-refractivity contribution in [3.63, 3.8) is 0 Å². The number of hydrogen-bond donors (Lipinski definition) is 2. The molecule has 2 heterocycles. The van der Waals surface area contributed by atoms with Crippen LogP contribution in [-0.2, 0) is 20.2 Å². The second-order valence-electron chi connectivity index (χ2n) is 5.45. The van der Waals surface area contributed by atoms with Crippen molar-refractivity contribution in [2.24, 2.45) is 7.05 Å². The lowest BCUT2D eigenvalue weighted by atomic mass is 10.1. The van der Waals surface area contributed by atoms with Crippen molar-refractivity contribution in [3.05, 3.63) is 58.4 Å². The van der Waals surface area contributed by atoms with E-state index in [2.05, 4.69) is 15.4 Å². The largest absolute Gasteiger partial charge is 0.392 e. The van der Waals surface area contributed by atoms with Crippen LogP contribution in [0.2, 0.25) is 0 Å². The van der Waals surface area contributed by atoms with Crippen LogP contribution in [0.15, 0.2) is 36.7 Å². The van der Waals surface area contributed by atoms with Crippen molar-refractivity contribution >= 4 is 17.2 Å². The molecular formula is C17H18N4O2S. The number of benzene rings is 1. The summed E-state index contributed by atoms with van der Waals surface area (Å²) in [6, 6.07) is 7.50. The van der Waals surface area contributed by atoms with Gasteiger partial charge in [-0.25, -0.2) is 4.98 Å². The number of amides is 1. The van der Waals surface area contributed by atoms with E-state index >= 15 is 0 Å². The number of aromatic nitrogens is 3. The normalized spacial score (nSPS) is 10.8. The average Bonchev–Trinajstić information content (AvgIpc) is 3.18. The van der Waals surface area contributed by atoms with Gasteiger partial charge in [-0.2, -0.15) is 5.10 Å². The molecule has 7 heteroatoms. The molecule has 0 bridgehead atoms. The zero-order valence-corrected chi connectivity index (χ0v) is 14.3. The molecule has 3 rings (SSSR count). The molecule has 0 aliphatic heterocycles. The Hall–Kier alpha value is -2.51. The van der Waals surface area contributed by atoms with Crippen LogP contribution in [0.25, 0.3) is 10.6 Å². The first-order valence-corrected chi connectivity index (χ1v) is 8.32. The molecule has 124 valence electrons. The first-order valence-electron chi connectivity index (χ1n) is 7.50. The minimum atomic E-state index is -0.159. The van der Waals surface area contributed by atoms with Crippen LogP contribution < -0.4 is 5.32 Å². The number of nitrogens with zero attached hydrogens (tertiary/aromatic N) is 3. The number of aliphatic hydroxyl groups is 1. The molecule has 0 fully saturated rings. The highest BCUT2D eigenvalue weighted by Crippen LogP contribution is 2.27.